The molecule has 8 heteroatoms. The summed E-state index contributed by atoms with van der Waals surface area (Å²) in [5.74, 6) is 0.130. The van der Waals surface area contributed by atoms with Crippen LogP contribution in [0.15, 0.2) is 58.8 Å². The average molecular weight is 709 g/mol. The first-order chi connectivity index (χ1) is 22.0. The van der Waals surface area contributed by atoms with Gasteiger partial charge in [0.1, 0.15) is 11.8 Å². The quantitative estimate of drug-likeness (QED) is 0.0579. The zero-order chi connectivity index (χ0) is 32.4. The summed E-state index contributed by atoms with van der Waals surface area (Å²) in [5.41, 5.74) is 1.42. The Kier molecular flexibility index (Phi) is 25.5. The molecule has 0 bridgehead atoms. The number of benzene rings is 2. The second kappa shape index (κ2) is 27.9. The molecular weight excluding hydrogens is 649 g/mol. The van der Waals surface area contributed by atoms with Gasteiger partial charge in [-0.05, 0) is 42.3 Å². The number of carbonyl (C=O) groups is 2. The van der Waals surface area contributed by atoms with Crippen molar-refractivity contribution in [2.45, 2.75) is 136 Å². The fourth-order valence-corrected chi connectivity index (χ4v) is 5.23. The Labute approximate surface area is 304 Å². The first-order valence-corrected chi connectivity index (χ1v) is 17.7. The zero-order valence-corrected chi connectivity index (χ0v) is 31.7. The molecule has 2 aromatic carbocycles. The van der Waals surface area contributed by atoms with Crippen molar-refractivity contribution in [2.24, 2.45) is 16.1 Å². The summed E-state index contributed by atoms with van der Waals surface area (Å²) in [6.45, 7) is 6.76. The van der Waals surface area contributed by atoms with Gasteiger partial charge in [0, 0.05) is 6.54 Å². The molecule has 7 nitrogen and oxygen atoms in total. The zero-order valence-electron chi connectivity index (χ0n) is 28.9. The number of hydrogen-bond donors (Lipinski definition) is 2. The van der Waals surface area contributed by atoms with Gasteiger partial charge in [0.15, 0.2) is 6.61 Å². The third-order valence-corrected chi connectivity index (χ3v) is 8.33. The van der Waals surface area contributed by atoms with Crippen molar-refractivity contribution >= 4 is 23.2 Å². The molecule has 0 aliphatic heterocycles. The van der Waals surface area contributed by atoms with Crippen molar-refractivity contribution < 1.29 is 47.0 Å². The maximum absolute atomic E-state index is 12.9. The third kappa shape index (κ3) is 20.2. The predicted octanol–water partition coefficient (Wildman–Crippen LogP) is 10.2. The molecule has 0 heterocycles. The molecule has 2 rings (SSSR count). The van der Waals surface area contributed by atoms with Crippen LogP contribution in [0.5, 0.6) is 5.75 Å². The first kappa shape index (κ1) is 41.9. The number of azo groups is 1. The van der Waals surface area contributed by atoms with E-state index in [0.29, 0.717) is 18.0 Å². The van der Waals surface area contributed by atoms with Crippen LogP contribution in [0.1, 0.15) is 130 Å². The Bertz CT molecular complexity index is 1070. The van der Waals surface area contributed by atoms with Gasteiger partial charge in [-0.25, -0.2) is 0 Å². The number of amides is 2. The minimum Gasteiger partial charge on any atom is -0.484 e. The number of ether oxygens (including phenoxy) is 1. The van der Waals surface area contributed by atoms with E-state index in [1.54, 1.807) is 36.4 Å². The van der Waals surface area contributed by atoms with Gasteiger partial charge >= 0.3 is 32.7 Å². The summed E-state index contributed by atoms with van der Waals surface area (Å²) in [4.78, 5) is 25.6. The van der Waals surface area contributed by atoms with Gasteiger partial charge in [-0.1, -0.05) is 124 Å². The first-order valence-electron chi connectivity index (χ1n) is 17.7. The van der Waals surface area contributed by atoms with E-state index in [2.05, 4.69) is 33.9 Å². The Morgan fingerprint density at radius 3 is 1.70 bits per heavy atom. The molecule has 2 N–H and O–H groups in total. The Morgan fingerprint density at radius 2 is 1.20 bits per heavy atom. The molecule has 46 heavy (non-hydrogen) atoms. The van der Waals surface area contributed by atoms with Crippen LogP contribution in [0.25, 0.3) is 0 Å². The molecular formula is C38H59N4O3Y+2. The molecule has 0 spiro atoms. The monoisotopic (exact) mass is 708 g/mol. The van der Waals surface area contributed by atoms with E-state index < -0.39 is 6.04 Å². The minimum absolute atomic E-state index is 0. The smallest absolute Gasteiger partial charge is 0.484 e. The second-order valence-electron chi connectivity index (χ2n) is 12.3. The van der Waals surface area contributed by atoms with E-state index in [9.17, 15) is 9.59 Å². The van der Waals surface area contributed by atoms with Crippen molar-refractivity contribution in [1.29, 1.82) is 0 Å². The standard InChI is InChI=1S/C38H59N4O3.Y/c1-4-6-7-8-9-10-11-12-13-14-15-16-17-18-19-23-30-39-38(44)37(32(3)5-2)40-36(43)31-45-35-28-26-34(27-29-35)42-41-33-24-21-20-22-25-33;/h21-22,24-29,32,37H,4-19,23,30-31H2,1-3H3,(H,39,44)(H,40,43);/q-1;+3. The second-order valence-corrected chi connectivity index (χ2v) is 12.3. The molecule has 0 radical (unpaired) electrons. The summed E-state index contributed by atoms with van der Waals surface area (Å²) in [6, 6.07) is 16.6. The van der Waals surface area contributed by atoms with E-state index in [-0.39, 0.29) is 57.0 Å². The fourth-order valence-electron chi connectivity index (χ4n) is 5.23. The van der Waals surface area contributed by atoms with Crippen molar-refractivity contribution in [3.8, 4) is 5.75 Å². The molecule has 0 saturated carbocycles. The van der Waals surface area contributed by atoms with Crippen molar-refractivity contribution in [2.75, 3.05) is 13.2 Å². The summed E-state index contributed by atoms with van der Waals surface area (Å²) < 4.78 is 5.66. The Hall–Kier alpha value is -2.12. The van der Waals surface area contributed by atoms with Crippen molar-refractivity contribution in [3.05, 3.63) is 54.6 Å². The van der Waals surface area contributed by atoms with Crippen LogP contribution in [0.3, 0.4) is 0 Å². The minimum atomic E-state index is -0.578. The summed E-state index contributed by atoms with van der Waals surface area (Å²) >= 11 is 0. The molecule has 2 atom stereocenters. The van der Waals surface area contributed by atoms with Crippen LogP contribution in [0.4, 0.5) is 11.4 Å². The molecule has 0 fully saturated rings. The maximum Gasteiger partial charge on any atom is 3.00 e. The number of carbonyl (C=O) groups excluding carboxylic acids is 2. The van der Waals surface area contributed by atoms with Gasteiger partial charge in [0.2, 0.25) is 5.91 Å². The van der Waals surface area contributed by atoms with Gasteiger partial charge in [-0.2, -0.15) is 28.4 Å². The number of nitrogens with one attached hydrogen (secondary N) is 2. The van der Waals surface area contributed by atoms with Crippen molar-refractivity contribution in [3.63, 3.8) is 0 Å². The average Bonchev–Trinajstić information content (AvgIpc) is 3.07. The molecule has 250 valence electrons. The molecule has 0 aromatic heterocycles. The number of rotatable bonds is 26. The van der Waals surface area contributed by atoms with Crippen LogP contribution < -0.4 is 15.4 Å². The van der Waals surface area contributed by atoms with Crippen LogP contribution in [-0.4, -0.2) is 31.0 Å². The number of nitrogens with zero attached hydrogens (tertiary/aromatic N) is 2. The molecule has 0 aliphatic carbocycles. The molecule has 0 aliphatic rings. The van der Waals surface area contributed by atoms with Crippen LogP contribution in [0.2, 0.25) is 0 Å². The van der Waals surface area contributed by atoms with Gasteiger partial charge < -0.3 is 15.4 Å². The van der Waals surface area contributed by atoms with Crippen LogP contribution in [-0.2, 0) is 42.3 Å². The van der Waals surface area contributed by atoms with Crippen LogP contribution in [0, 0.1) is 12.0 Å². The molecule has 2 unspecified atom stereocenters. The molecule has 2 aromatic rings. The van der Waals surface area contributed by atoms with E-state index in [0.717, 1.165) is 24.9 Å². The van der Waals surface area contributed by atoms with Gasteiger partial charge in [-0.15, -0.1) is 12.1 Å². The summed E-state index contributed by atoms with van der Waals surface area (Å²) in [5, 5.41) is 14.3. The van der Waals surface area contributed by atoms with Gasteiger partial charge in [-0.3, -0.25) is 9.59 Å². The largest absolute Gasteiger partial charge is 3.00 e. The topological polar surface area (TPSA) is 92.2 Å². The predicted molar refractivity (Wildman–Crippen MR) is 185 cm³/mol. The van der Waals surface area contributed by atoms with E-state index in [4.69, 9.17) is 4.74 Å². The Balaban J connectivity index is 0.0000106. The number of unbranched alkanes of at least 4 members (excludes halogenated alkanes) is 15. The SMILES string of the molecule is CCCCCCCCCCCCCCCCCCNC(=O)C(NC(=O)COc1ccc(N=Nc2cc[c-]cc2)cc1)C(C)CC.[Y+3]. The van der Waals surface area contributed by atoms with E-state index >= 15 is 0 Å². The maximum atomic E-state index is 12.9. The molecule has 0 saturated heterocycles. The number of hydrogen-bond acceptors (Lipinski definition) is 5. The normalized spacial score (nSPS) is 12.3. The van der Waals surface area contributed by atoms with Crippen molar-refractivity contribution in [1.82, 2.24) is 10.6 Å². The molecule has 2 amide bonds. The van der Waals surface area contributed by atoms with E-state index in [1.807, 2.05) is 26.0 Å². The van der Waals surface area contributed by atoms with E-state index in [1.165, 1.54) is 89.9 Å². The fraction of sp³-hybridized carbons (Fsp3) is 0.632. The summed E-state index contributed by atoms with van der Waals surface area (Å²) in [6.07, 6.45) is 22.0. The third-order valence-electron chi connectivity index (χ3n) is 8.33. The van der Waals surface area contributed by atoms with Gasteiger partial charge in [0.05, 0.1) is 5.69 Å². The van der Waals surface area contributed by atoms with Gasteiger partial charge in [0.25, 0.3) is 5.91 Å². The van der Waals surface area contributed by atoms with Crippen LogP contribution >= 0.6 is 0 Å². The summed E-state index contributed by atoms with van der Waals surface area (Å²) in [7, 11) is 0. The Morgan fingerprint density at radius 1 is 0.717 bits per heavy atom.